The van der Waals surface area contributed by atoms with E-state index in [1.54, 1.807) is 30.3 Å². The summed E-state index contributed by atoms with van der Waals surface area (Å²) in [4.78, 5) is 0. The number of nitriles is 1. The molecule has 2 aromatic rings. The van der Waals surface area contributed by atoms with Crippen LogP contribution < -0.4 is 0 Å². The van der Waals surface area contributed by atoms with E-state index in [1.165, 1.54) is 12.1 Å². The molecular weight excluding hydrogens is 317 g/mol. The summed E-state index contributed by atoms with van der Waals surface area (Å²) in [5, 5.41) is 19.5. The fourth-order valence-corrected chi connectivity index (χ4v) is 2.43. The molecule has 20 heavy (non-hydrogen) atoms. The van der Waals surface area contributed by atoms with Crippen LogP contribution in [-0.2, 0) is 0 Å². The van der Waals surface area contributed by atoms with Crippen LogP contribution in [0.15, 0.2) is 36.4 Å². The molecule has 2 aromatic carbocycles. The molecule has 0 atom stereocenters. The Morgan fingerprint density at radius 3 is 2.20 bits per heavy atom. The average Bonchev–Trinajstić information content (AvgIpc) is 2.43. The monoisotopic (exact) mass is 323 g/mol. The van der Waals surface area contributed by atoms with Gasteiger partial charge in [0.25, 0.3) is 0 Å². The van der Waals surface area contributed by atoms with E-state index in [4.69, 9.17) is 34.8 Å². The molecule has 100 valence electrons. The van der Waals surface area contributed by atoms with Crippen molar-refractivity contribution in [3.8, 4) is 11.8 Å². The Hall–Kier alpha value is -1.66. The number of hydrogen-bond acceptors (Lipinski definition) is 2. The minimum atomic E-state index is -0.179. The zero-order valence-electron chi connectivity index (χ0n) is 10.1. The van der Waals surface area contributed by atoms with E-state index in [1.807, 2.05) is 0 Å². The van der Waals surface area contributed by atoms with E-state index < -0.39 is 0 Å². The molecule has 0 aliphatic heterocycles. The molecule has 0 amide bonds. The van der Waals surface area contributed by atoms with E-state index in [-0.39, 0.29) is 15.8 Å². The number of nitrogens with zero attached hydrogens (tertiary/aromatic N) is 1. The highest BCUT2D eigenvalue weighted by molar-refractivity contribution is 6.37. The number of halogens is 3. The first-order valence-corrected chi connectivity index (χ1v) is 6.71. The van der Waals surface area contributed by atoms with Gasteiger partial charge in [-0.3, -0.25) is 0 Å². The summed E-state index contributed by atoms with van der Waals surface area (Å²) in [6, 6.07) is 12.2. The maximum Gasteiger partial charge on any atom is 0.152 e. The molecule has 0 fully saturated rings. The van der Waals surface area contributed by atoms with Crippen LogP contribution in [0, 0.1) is 11.3 Å². The number of benzene rings is 2. The first-order valence-electron chi connectivity index (χ1n) is 5.57. The van der Waals surface area contributed by atoms with Crippen molar-refractivity contribution in [3.05, 3.63) is 62.6 Å². The lowest BCUT2D eigenvalue weighted by Gasteiger charge is -2.04. The van der Waals surface area contributed by atoms with Crippen LogP contribution in [0.5, 0.6) is 5.75 Å². The van der Waals surface area contributed by atoms with Crippen LogP contribution in [0.2, 0.25) is 15.1 Å². The van der Waals surface area contributed by atoms with Gasteiger partial charge in [-0.2, -0.15) is 5.26 Å². The summed E-state index contributed by atoms with van der Waals surface area (Å²) in [6.45, 7) is 0. The lowest BCUT2D eigenvalue weighted by molar-refractivity contribution is 0.476. The molecule has 5 heteroatoms. The Labute approximate surface area is 131 Å². The number of rotatable bonds is 2. The van der Waals surface area contributed by atoms with Crippen LogP contribution in [-0.4, -0.2) is 5.11 Å². The molecule has 0 aromatic heterocycles. The van der Waals surface area contributed by atoms with Gasteiger partial charge in [0.15, 0.2) is 5.75 Å². The third kappa shape index (κ3) is 3.08. The lowest BCUT2D eigenvalue weighted by atomic mass is 10.0. The molecule has 1 N–H and O–H groups in total. The molecular formula is C15H8Cl3NO. The maximum absolute atomic E-state index is 9.51. The second-order valence-corrected chi connectivity index (χ2v) is 5.20. The van der Waals surface area contributed by atoms with Crippen molar-refractivity contribution in [3.63, 3.8) is 0 Å². The Morgan fingerprint density at radius 1 is 1.05 bits per heavy atom. The van der Waals surface area contributed by atoms with Gasteiger partial charge in [0, 0.05) is 10.6 Å². The van der Waals surface area contributed by atoms with Gasteiger partial charge < -0.3 is 5.11 Å². The minimum absolute atomic E-state index is 0.125. The third-order valence-electron chi connectivity index (χ3n) is 2.63. The standard InChI is InChI=1S/C15H8Cl3NO/c16-12-4-2-1-3-11(12)10(8-19)5-9-6-13(17)15(20)14(18)7-9/h1-7,20H. The van der Waals surface area contributed by atoms with Crippen molar-refractivity contribution < 1.29 is 5.11 Å². The van der Waals surface area contributed by atoms with Gasteiger partial charge in [0.1, 0.15) is 0 Å². The third-order valence-corrected chi connectivity index (χ3v) is 3.54. The van der Waals surface area contributed by atoms with E-state index in [0.29, 0.717) is 21.7 Å². The summed E-state index contributed by atoms with van der Waals surface area (Å²) in [5.74, 6) is -0.179. The predicted octanol–water partition coefficient (Wildman–Crippen LogP) is 5.42. The fraction of sp³-hybridized carbons (Fsp3) is 0. The van der Waals surface area contributed by atoms with Gasteiger partial charge in [-0.1, -0.05) is 53.0 Å². The molecule has 0 heterocycles. The summed E-state index contributed by atoms with van der Waals surface area (Å²) < 4.78 is 0. The fourth-order valence-electron chi connectivity index (χ4n) is 1.69. The van der Waals surface area contributed by atoms with Crippen molar-refractivity contribution in [1.29, 1.82) is 5.26 Å². The summed E-state index contributed by atoms with van der Waals surface area (Å²) >= 11 is 17.8. The van der Waals surface area contributed by atoms with Crippen LogP contribution in [0.25, 0.3) is 11.6 Å². The molecule has 0 unspecified atom stereocenters. The Morgan fingerprint density at radius 2 is 1.65 bits per heavy atom. The normalized spacial score (nSPS) is 11.2. The molecule has 0 aliphatic carbocycles. The quantitative estimate of drug-likeness (QED) is 0.592. The molecule has 0 bridgehead atoms. The van der Waals surface area contributed by atoms with Gasteiger partial charge in [0.05, 0.1) is 21.7 Å². The lowest BCUT2D eigenvalue weighted by Crippen LogP contribution is -1.84. The number of aromatic hydroxyl groups is 1. The van der Waals surface area contributed by atoms with Crippen LogP contribution in [0.4, 0.5) is 0 Å². The Kier molecular flexibility index (Phi) is 4.57. The summed E-state index contributed by atoms with van der Waals surface area (Å²) in [6.07, 6.45) is 1.61. The topological polar surface area (TPSA) is 44.0 Å². The molecule has 0 aliphatic rings. The molecule has 0 saturated carbocycles. The highest BCUT2D eigenvalue weighted by Crippen LogP contribution is 2.34. The van der Waals surface area contributed by atoms with Crippen LogP contribution >= 0.6 is 34.8 Å². The van der Waals surface area contributed by atoms with Crippen LogP contribution in [0.3, 0.4) is 0 Å². The maximum atomic E-state index is 9.51. The van der Waals surface area contributed by atoms with E-state index in [9.17, 15) is 10.4 Å². The van der Waals surface area contributed by atoms with Crippen molar-refractivity contribution in [2.24, 2.45) is 0 Å². The van der Waals surface area contributed by atoms with Gasteiger partial charge >= 0.3 is 0 Å². The van der Waals surface area contributed by atoms with Gasteiger partial charge in [-0.15, -0.1) is 0 Å². The van der Waals surface area contributed by atoms with Gasteiger partial charge in [0.2, 0.25) is 0 Å². The van der Waals surface area contributed by atoms with Crippen LogP contribution in [0.1, 0.15) is 11.1 Å². The minimum Gasteiger partial charge on any atom is -0.505 e. The molecule has 2 rings (SSSR count). The zero-order valence-corrected chi connectivity index (χ0v) is 12.3. The van der Waals surface area contributed by atoms with Gasteiger partial charge in [-0.05, 0) is 29.8 Å². The molecule has 2 nitrogen and oxygen atoms in total. The highest BCUT2D eigenvalue weighted by Gasteiger charge is 2.09. The number of phenols is 1. The second-order valence-electron chi connectivity index (χ2n) is 3.98. The van der Waals surface area contributed by atoms with E-state index >= 15 is 0 Å². The second kappa shape index (κ2) is 6.19. The average molecular weight is 325 g/mol. The summed E-state index contributed by atoms with van der Waals surface area (Å²) in [5.41, 5.74) is 1.61. The smallest absolute Gasteiger partial charge is 0.152 e. The predicted molar refractivity (Wildman–Crippen MR) is 83.1 cm³/mol. The number of hydrogen-bond donors (Lipinski definition) is 1. The molecule has 0 spiro atoms. The highest BCUT2D eigenvalue weighted by atomic mass is 35.5. The Bertz CT molecular complexity index is 709. The number of allylic oxidation sites excluding steroid dienone is 1. The van der Waals surface area contributed by atoms with E-state index in [2.05, 4.69) is 6.07 Å². The molecule has 0 saturated heterocycles. The van der Waals surface area contributed by atoms with Crippen molar-refractivity contribution in [2.75, 3.05) is 0 Å². The first kappa shape index (κ1) is 14.7. The van der Waals surface area contributed by atoms with Gasteiger partial charge in [-0.25, -0.2) is 0 Å². The van der Waals surface area contributed by atoms with Crippen molar-refractivity contribution >= 4 is 46.5 Å². The van der Waals surface area contributed by atoms with Crippen molar-refractivity contribution in [1.82, 2.24) is 0 Å². The number of phenolic OH excluding ortho intramolecular Hbond substituents is 1. The largest absolute Gasteiger partial charge is 0.505 e. The Balaban J connectivity index is 2.53. The zero-order chi connectivity index (χ0) is 14.7. The first-order chi connectivity index (χ1) is 9.52. The van der Waals surface area contributed by atoms with Crippen molar-refractivity contribution in [2.45, 2.75) is 0 Å². The molecule has 0 radical (unpaired) electrons. The van der Waals surface area contributed by atoms with E-state index in [0.717, 1.165) is 0 Å². The summed E-state index contributed by atoms with van der Waals surface area (Å²) in [7, 11) is 0. The SMILES string of the molecule is N#CC(=Cc1cc(Cl)c(O)c(Cl)c1)c1ccccc1Cl.